The van der Waals surface area contributed by atoms with Crippen molar-refractivity contribution < 1.29 is 23.8 Å². The minimum absolute atomic E-state index is 0.0452. The monoisotopic (exact) mass is 514 g/mol. The maximum atomic E-state index is 13.5. The molecule has 0 bridgehead atoms. The van der Waals surface area contributed by atoms with Crippen LogP contribution in [-0.2, 0) is 4.74 Å². The molecule has 3 heterocycles. The molecule has 3 aromatic rings. The molecular formula is C24H23BrN2O6. The van der Waals surface area contributed by atoms with Crippen molar-refractivity contribution in [2.24, 2.45) is 0 Å². The quantitative estimate of drug-likeness (QED) is 0.558. The predicted molar refractivity (Wildman–Crippen MR) is 125 cm³/mol. The Balaban J connectivity index is 1.64. The van der Waals surface area contributed by atoms with E-state index in [1.165, 1.54) is 7.11 Å². The zero-order valence-corrected chi connectivity index (χ0v) is 19.6. The van der Waals surface area contributed by atoms with Crippen molar-refractivity contribution in [3.8, 4) is 11.5 Å². The van der Waals surface area contributed by atoms with Gasteiger partial charge in [-0.2, -0.15) is 0 Å². The molecule has 1 amide bonds. The summed E-state index contributed by atoms with van der Waals surface area (Å²) in [6.45, 7) is 3.95. The summed E-state index contributed by atoms with van der Waals surface area (Å²) in [7, 11) is 1.46. The fraction of sp³-hybridized carbons (Fsp3) is 0.333. The van der Waals surface area contributed by atoms with Crippen LogP contribution in [0.5, 0.6) is 11.5 Å². The Morgan fingerprint density at radius 2 is 1.91 bits per heavy atom. The molecule has 33 heavy (non-hydrogen) atoms. The zero-order valence-electron chi connectivity index (χ0n) is 18.0. The molecule has 2 aliphatic rings. The van der Waals surface area contributed by atoms with Gasteiger partial charge in [0.1, 0.15) is 5.58 Å². The first-order valence-electron chi connectivity index (χ1n) is 10.7. The first kappa shape index (κ1) is 21.9. The fourth-order valence-electron chi connectivity index (χ4n) is 4.53. The van der Waals surface area contributed by atoms with Crippen LogP contribution in [0.4, 0.5) is 0 Å². The van der Waals surface area contributed by atoms with Gasteiger partial charge < -0.3 is 23.9 Å². The minimum Gasteiger partial charge on any atom is -0.503 e. The van der Waals surface area contributed by atoms with Gasteiger partial charge in [0.25, 0.3) is 5.91 Å². The highest BCUT2D eigenvalue weighted by Gasteiger charge is 2.43. The Morgan fingerprint density at radius 3 is 2.67 bits per heavy atom. The molecule has 8 nitrogen and oxygen atoms in total. The van der Waals surface area contributed by atoms with Gasteiger partial charge in [-0.15, -0.1) is 0 Å². The number of amides is 1. The number of morpholine rings is 1. The van der Waals surface area contributed by atoms with Crippen molar-refractivity contribution in [3.05, 3.63) is 68.0 Å². The van der Waals surface area contributed by atoms with Crippen LogP contribution in [0.3, 0.4) is 0 Å². The molecule has 1 saturated heterocycles. The molecule has 172 valence electrons. The van der Waals surface area contributed by atoms with Crippen LogP contribution < -0.4 is 10.2 Å². The highest BCUT2D eigenvalue weighted by atomic mass is 79.9. The zero-order chi connectivity index (χ0) is 23.1. The maximum Gasteiger partial charge on any atom is 0.290 e. The van der Waals surface area contributed by atoms with E-state index in [9.17, 15) is 14.7 Å². The molecule has 1 unspecified atom stereocenters. The van der Waals surface area contributed by atoms with Crippen LogP contribution >= 0.6 is 15.9 Å². The third kappa shape index (κ3) is 3.80. The summed E-state index contributed by atoms with van der Waals surface area (Å²) in [6.07, 6.45) is 0. The van der Waals surface area contributed by atoms with E-state index in [1.54, 1.807) is 41.3 Å². The highest BCUT2D eigenvalue weighted by Crippen LogP contribution is 2.43. The number of benzene rings is 2. The molecule has 9 heteroatoms. The summed E-state index contributed by atoms with van der Waals surface area (Å²) in [4.78, 5) is 31.0. The topological polar surface area (TPSA) is 92.5 Å². The summed E-state index contributed by atoms with van der Waals surface area (Å²) in [5, 5.41) is 10.7. The number of hydrogen-bond donors (Lipinski definition) is 1. The summed E-state index contributed by atoms with van der Waals surface area (Å²) >= 11 is 3.36. The van der Waals surface area contributed by atoms with Crippen LogP contribution in [-0.4, -0.2) is 67.3 Å². The number of para-hydroxylation sites is 1. The highest BCUT2D eigenvalue weighted by molar-refractivity contribution is 9.10. The van der Waals surface area contributed by atoms with Gasteiger partial charge in [-0.25, -0.2) is 0 Å². The van der Waals surface area contributed by atoms with Crippen LogP contribution in [0, 0.1) is 0 Å². The number of nitrogens with zero attached hydrogens (tertiary/aromatic N) is 2. The Kier molecular flexibility index (Phi) is 5.86. The molecule has 0 radical (unpaired) electrons. The smallest absolute Gasteiger partial charge is 0.290 e. The Labute approximate surface area is 198 Å². The maximum absolute atomic E-state index is 13.5. The van der Waals surface area contributed by atoms with Crippen molar-refractivity contribution in [1.82, 2.24) is 9.80 Å². The van der Waals surface area contributed by atoms with E-state index >= 15 is 0 Å². The summed E-state index contributed by atoms with van der Waals surface area (Å²) < 4.78 is 17.1. The Hall–Kier alpha value is -2.88. The molecule has 2 aromatic carbocycles. The average molecular weight is 515 g/mol. The van der Waals surface area contributed by atoms with Crippen LogP contribution in [0.15, 0.2) is 50.1 Å². The lowest BCUT2D eigenvalue weighted by Gasteiger charge is -2.31. The molecule has 5 rings (SSSR count). The summed E-state index contributed by atoms with van der Waals surface area (Å²) in [6, 6.07) is 9.63. The SMILES string of the molecule is COc1cc(C2c3c(oc4ccccc4c3=O)C(=O)N2CCN2CCOCC2)cc(Br)c1O. The molecule has 0 spiro atoms. The minimum atomic E-state index is -0.666. The molecule has 1 fully saturated rings. The van der Waals surface area contributed by atoms with Gasteiger partial charge in [-0.05, 0) is 45.8 Å². The molecule has 0 saturated carbocycles. The van der Waals surface area contributed by atoms with Gasteiger partial charge in [0.15, 0.2) is 16.9 Å². The lowest BCUT2D eigenvalue weighted by atomic mass is 9.98. The normalized spacial score (nSPS) is 18.7. The number of rotatable bonds is 5. The van der Waals surface area contributed by atoms with Crippen molar-refractivity contribution in [2.45, 2.75) is 6.04 Å². The van der Waals surface area contributed by atoms with Crippen molar-refractivity contribution >= 4 is 32.8 Å². The van der Waals surface area contributed by atoms with Crippen molar-refractivity contribution in [2.75, 3.05) is 46.5 Å². The number of carbonyl (C=O) groups is 1. The second kappa shape index (κ2) is 8.81. The van der Waals surface area contributed by atoms with Crippen LogP contribution in [0.2, 0.25) is 0 Å². The lowest BCUT2D eigenvalue weighted by Crippen LogP contribution is -2.42. The van der Waals surface area contributed by atoms with Gasteiger partial charge in [0.05, 0.1) is 41.8 Å². The number of phenolic OH excluding ortho intramolecular Hbond substituents is 1. The van der Waals surface area contributed by atoms with E-state index in [0.717, 1.165) is 13.1 Å². The predicted octanol–water partition coefficient (Wildman–Crippen LogP) is 3.15. The summed E-state index contributed by atoms with van der Waals surface area (Å²) in [5.41, 5.74) is 1.10. The van der Waals surface area contributed by atoms with E-state index in [2.05, 4.69) is 20.8 Å². The molecular weight excluding hydrogens is 492 g/mol. The van der Waals surface area contributed by atoms with Gasteiger partial charge in [-0.3, -0.25) is 14.5 Å². The fourth-order valence-corrected chi connectivity index (χ4v) is 4.99. The van der Waals surface area contributed by atoms with Gasteiger partial charge in [0.2, 0.25) is 5.76 Å². The van der Waals surface area contributed by atoms with Gasteiger partial charge >= 0.3 is 0 Å². The third-order valence-corrected chi connectivity index (χ3v) is 6.82. The molecule has 1 N–H and O–H groups in total. The number of halogens is 1. The lowest BCUT2D eigenvalue weighted by molar-refractivity contribution is 0.0314. The van der Waals surface area contributed by atoms with E-state index < -0.39 is 6.04 Å². The van der Waals surface area contributed by atoms with Crippen LogP contribution in [0.25, 0.3) is 11.0 Å². The van der Waals surface area contributed by atoms with Crippen molar-refractivity contribution in [1.29, 1.82) is 0 Å². The summed E-state index contributed by atoms with van der Waals surface area (Å²) in [5.74, 6) is -0.0575. The molecule has 1 aromatic heterocycles. The number of carbonyl (C=O) groups excluding carboxylic acids is 1. The molecule has 2 aliphatic heterocycles. The van der Waals surface area contributed by atoms with Gasteiger partial charge in [-0.1, -0.05) is 12.1 Å². The van der Waals surface area contributed by atoms with E-state index in [4.69, 9.17) is 13.9 Å². The number of ether oxygens (including phenoxy) is 2. The van der Waals surface area contributed by atoms with Crippen LogP contribution in [0.1, 0.15) is 27.7 Å². The third-order valence-electron chi connectivity index (χ3n) is 6.22. The molecule has 0 aliphatic carbocycles. The second-order valence-electron chi connectivity index (χ2n) is 8.08. The number of fused-ring (bicyclic) bond motifs is 2. The first-order valence-corrected chi connectivity index (χ1v) is 11.5. The second-order valence-corrected chi connectivity index (χ2v) is 8.93. The van der Waals surface area contributed by atoms with E-state index in [0.29, 0.717) is 52.9 Å². The Bertz CT molecular complexity index is 1280. The van der Waals surface area contributed by atoms with Crippen molar-refractivity contribution in [3.63, 3.8) is 0 Å². The van der Waals surface area contributed by atoms with E-state index in [-0.39, 0.29) is 28.6 Å². The van der Waals surface area contributed by atoms with E-state index in [1.807, 2.05) is 0 Å². The number of aromatic hydroxyl groups is 1. The standard InChI is InChI=1S/C24H23BrN2O6/c1-31-18-13-14(12-16(25)22(18)29)20-19-21(28)15-4-2-3-5-17(15)33-23(19)24(30)27(20)7-6-26-8-10-32-11-9-26/h2-5,12-13,20,29H,6-11H2,1H3. The Morgan fingerprint density at radius 1 is 1.15 bits per heavy atom. The van der Waals surface area contributed by atoms with Gasteiger partial charge in [0, 0.05) is 26.2 Å². The average Bonchev–Trinajstić information content (AvgIpc) is 3.12. The number of hydrogen-bond acceptors (Lipinski definition) is 7. The first-order chi connectivity index (χ1) is 16.0. The molecule has 1 atom stereocenters. The number of methoxy groups -OCH3 is 1. The largest absolute Gasteiger partial charge is 0.503 e. The number of phenols is 1.